The summed E-state index contributed by atoms with van der Waals surface area (Å²) in [5.41, 5.74) is 1.38. The monoisotopic (exact) mass is 487 g/mol. The highest BCUT2D eigenvalue weighted by Gasteiger charge is 2.45. The fourth-order valence-electron chi connectivity index (χ4n) is 3.55. The molecule has 180 valence electrons. The molecule has 2 heterocycles. The Morgan fingerprint density at radius 2 is 1.94 bits per heavy atom. The minimum absolute atomic E-state index is 0.0719. The van der Waals surface area contributed by atoms with Crippen LogP contribution in [0.5, 0.6) is 0 Å². The highest BCUT2D eigenvalue weighted by molar-refractivity contribution is 7.99. The van der Waals surface area contributed by atoms with Gasteiger partial charge >= 0.3 is 5.97 Å². The molecule has 11 heteroatoms. The van der Waals surface area contributed by atoms with Crippen LogP contribution < -0.4 is 0 Å². The van der Waals surface area contributed by atoms with Crippen LogP contribution in [-0.4, -0.2) is 77.8 Å². The van der Waals surface area contributed by atoms with Crippen molar-refractivity contribution in [1.29, 1.82) is 0 Å². The maximum Gasteiger partial charge on any atom is 0.335 e. The van der Waals surface area contributed by atoms with Gasteiger partial charge in [-0.25, -0.2) is 9.48 Å². The van der Waals surface area contributed by atoms with E-state index >= 15 is 0 Å². The molecule has 3 aromatic rings. The van der Waals surface area contributed by atoms with Gasteiger partial charge in [0.1, 0.15) is 35.5 Å². The zero-order chi connectivity index (χ0) is 24.2. The molecule has 1 fully saturated rings. The molecule has 0 radical (unpaired) electrons. The third kappa shape index (κ3) is 5.46. The van der Waals surface area contributed by atoms with E-state index < -0.39 is 42.4 Å². The molecule has 0 unspecified atom stereocenters. The number of rotatable bonds is 8. The van der Waals surface area contributed by atoms with Crippen molar-refractivity contribution in [3.8, 4) is 5.69 Å². The number of benzene rings is 2. The number of aliphatic hydroxyl groups is 3. The first kappa shape index (κ1) is 24.3. The molecule has 1 aliphatic heterocycles. The normalized spacial score (nSPS) is 24.8. The Bertz CT molecular complexity index is 1120. The molecule has 1 aromatic heterocycles. The minimum Gasteiger partial charge on any atom is -0.478 e. The number of aryl methyl sites for hydroxylation is 1. The van der Waals surface area contributed by atoms with E-state index in [0.29, 0.717) is 11.4 Å². The zero-order valence-corrected chi connectivity index (χ0v) is 19.1. The minimum atomic E-state index is -1.25. The molecule has 0 bridgehead atoms. The topological polar surface area (TPSA) is 147 Å². The number of nitrogens with zero attached hydrogens (tertiary/aromatic N) is 3. The molecule has 5 atom stereocenters. The van der Waals surface area contributed by atoms with Crippen LogP contribution >= 0.6 is 11.8 Å². The lowest BCUT2D eigenvalue weighted by Gasteiger charge is -2.41. The lowest BCUT2D eigenvalue weighted by Crippen LogP contribution is -2.58. The second kappa shape index (κ2) is 10.6. The molecule has 2 aromatic carbocycles. The van der Waals surface area contributed by atoms with E-state index in [9.17, 15) is 20.1 Å². The lowest BCUT2D eigenvalue weighted by molar-refractivity contribution is -0.223. The number of aliphatic hydroxyl groups excluding tert-OH is 3. The van der Waals surface area contributed by atoms with E-state index in [0.717, 1.165) is 10.5 Å². The number of aromatic nitrogens is 3. The lowest BCUT2D eigenvalue weighted by atomic mass is 10.00. The van der Waals surface area contributed by atoms with Gasteiger partial charge in [0.05, 0.1) is 30.7 Å². The van der Waals surface area contributed by atoms with Gasteiger partial charge in [-0.05, 0) is 37.3 Å². The smallest absolute Gasteiger partial charge is 0.335 e. The molecular weight excluding hydrogens is 462 g/mol. The van der Waals surface area contributed by atoms with Gasteiger partial charge in [-0.2, -0.15) is 0 Å². The summed E-state index contributed by atoms with van der Waals surface area (Å²) < 4.78 is 12.9. The third-order valence-electron chi connectivity index (χ3n) is 5.42. The molecular formula is C23H25N3O7S. The number of aromatic carboxylic acids is 1. The number of carboxylic acids is 1. The van der Waals surface area contributed by atoms with Crippen molar-refractivity contribution in [2.24, 2.45) is 0 Å². The average molecular weight is 488 g/mol. The summed E-state index contributed by atoms with van der Waals surface area (Å²) in [5, 5.41) is 48.3. The van der Waals surface area contributed by atoms with Crippen LogP contribution in [0.15, 0.2) is 59.6 Å². The fourth-order valence-corrected chi connectivity index (χ4v) is 4.61. The summed E-state index contributed by atoms with van der Waals surface area (Å²) in [6, 6.07) is 13.9. The second-order valence-electron chi connectivity index (χ2n) is 7.92. The molecule has 10 nitrogen and oxygen atoms in total. The Morgan fingerprint density at radius 1 is 1.18 bits per heavy atom. The van der Waals surface area contributed by atoms with E-state index in [-0.39, 0.29) is 12.2 Å². The van der Waals surface area contributed by atoms with E-state index in [1.165, 1.54) is 28.6 Å². The van der Waals surface area contributed by atoms with Gasteiger partial charge in [0, 0.05) is 4.90 Å². The van der Waals surface area contributed by atoms with Crippen molar-refractivity contribution >= 4 is 17.7 Å². The standard InChI is InChI=1S/C23H25N3O7S/c1-13-5-7-17(8-6-13)34-23-20(29)21(19(28)18(11-27)33-23)32-12-15-10-26(25-24-15)16-4-2-3-14(9-16)22(30)31/h2-10,18-21,23,27-29H,11-12H2,1H3,(H,30,31)/t18-,19+,20-,21+,23+/m1/s1. The van der Waals surface area contributed by atoms with E-state index in [1.54, 1.807) is 18.3 Å². The highest BCUT2D eigenvalue weighted by Crippen LogP contribution is 2.34. The van der Waals surface area contributed by atoms with Crippen molar-refractivity contribution in [3.05, 3.63) is 71.5 Å². The van der Waals surface area contributed by atoms with Gasteiger partial charge in [0.15, 0.2) is 0 Å². The van der Waals surface area contributed by atoms with Crippen LogP contribution in [-0.2, 0) is 16.1 Å². The molecule has 34 heavy (non-hydrogen) atoms. The van der Waals surface area contributed by atoms with Crippen LogP contribution in [0, 0.1) is 6.92 Å². The average Bonchev–Trinajstić information content (AvgIpc) is 3.31. The van der Waals surface area contributed by atoms with Crippen molar-refractivity contribution in [2.45, 2.75) is 48.3 Å². The Labute approximate surface area is 199 Å². The van der Waals surface area contributed by atoms with Crippen molar-refractivity contribution in [2.75, 3.05) is 6.61 Å². The third-order valence-corrected chi connectivity index (χ3v) is 6.58. The summed E-state index contributed by atoms with van der Waals surface area (Å²) in [4.78, 5) is 12.1. The molecule has 4 rings (SSSR count). The van der Waals surface area contributed by atoms with Crippen LogP contribution in [0.3, 0.4) is 0 Å². The second-order valence-corrected chi connectivity index (χ2v) is 9.09. The van der Waals surface area contributed by atoms with Crippen LogP contribution in [0.2, 0.25) is 0 Å². The Kier molecular flexibility index (Phi) is 7.61. The summed E-state index contributed by atoms with van der Waals surface area (Å²) >= 11 is 1.28. The molecule has 0 amide bonds. The number of hydrogen-bond acceptors (Lipinski definition) is 9. The van der Waals surface area contributed by atoms with Gasteiger partial charge in [0.2, 0.25) is 0 Å². The van der Waals surface area contributed by atoms with E-state index in [2.05, 4.69) is 10.3 Å². The Hall–Kier alpha value is -2.80. The summed E-state index contributed by atoms with van der Waals surface area (Å²) in [5.74, 6) is -1.05. The molecule has 0 spiro atoms. The SMILES string of the molecule is Cc1ccc(S[C@@H]2O[C@H](CO)[C@H](O)[C@H](OCc3cn(-c4cccc(C(=O)O)c4)nn3)[C@H]2O)cc1. The largest absolute Gasteiger partial charge is 0.478 e. The predicted molar refractivity (Wildman–Crippen MR) is 122 cm³/mol. The number of carbonyl (C=O) groups is 1. The molecule has 1 aliphatic rings. The van der Waals surface area contributed by atoms with Crippen LogP contribution in [0.4, 0.5) is 0 Å². The Balaban J connectivity index is 1.45. The van der Waals surface area contributed by atoms with Gasteiger partial charge < -0.3 is 29.9 Å². The maximum absolute atomic E-state index is 11.2. The summed E-state index contributed by atoms with van der Waals surface area (Å²) in [6.07, 6.45) is -2.81. The molecule has 0 saturated carbocycles. The van der Waals surface area contributed by atoms with Crippen molar-refractivity contribution in [3.63, 3.8) is 0 Å². The Morgan fingerprint density at radius 3 is 2.65 bits per heavy atom. The van der Waals surface area contributed by atoms with Gasteiger partial charge in [0.25, 0.3) is 0 Å². The zero-order valence-electron chi connectivity index (χ0n) is 18.3. The van der Waals surface area contributed by atoms with Crippen molar-refractivity contribution < 1.29 is 34.7 Å². The summed E-state index contributed by atoms with van der Waals surface area (Å²) in [7, 11) is 0. The predicted octanol–water partition coefficient (Wildman–Crippen LogP) is 1.39. The van der Waals surface area contributed by atoms with Gasteiger partial charge in [-0.3, -0.25) is 0 Å². The van der Waals surface area contributed by atoms with Crippen LogP contribution in [0.1, 0.15) is 21.6 Å². The number of carboxylic acid groups (broad SMARTS) is 1. The first-order valence-corrected chi connectivity index (χ1v) is 11.5. The van der Waals surface area contributed by atoms with E-state index in [1.807, 2.05) is 31.2 Å². The fraction of sp³-hybridized carbons (Fsp3) is 0.348. The molecule has 0 aliphatic carbocycles. The first-order chi connectivity index (χ1) is 16.4. The number of thioether (sulfide) groups is 1. The molecule has 1 saturated heterocycles. The summed E-state index contributed by atoms with van der Waals surface area (Å²) in [6.45, 7) is 1.47. The van der Waals surface area contributed by atoms with Gasteiger partial charge in [-0.15, -0.1) is 5.10 Å². The van der Waals surface area contributed by atoms with E-state index in [4.69, 9.17) is 14.6 Å². The van der Waals surface area contributed by atoms with Crippen molar-refractivity contribution in [1.82, 2.24) is 15.0 Å². The number of hydrogen-bond donors (Lipinski definition) is 4. The van der Waals surface area contributed by atoms with Crippen LogP contribution in [0.25, 0.3) is 5.69 Å². The quantitative estimate of drug-likeness (QED) is 0.367. The van der Waals surface area contributed by atoms with Gasteiger partial charge in [-0.1, -0.05) is 40.7 Å². The highest BCUT2D eigenvalue weighted by atomic mass is 32.2. The molecule has 4 N–H and O–H groups in total. The number of ether oxygens (including phenoxy) is 2. The first-order valence-electron chi connectivity index (χ1n) is 10.6. The maximum atomic E-state index is 11.2.